The molecule has 7 rings (SSSR count). The van der Waals surface area contributed by atoms with Crippen LogP contribution in [-0.2, 0) is 29.1 Å². The number of aromatic nitrogens is 3. The summed E-state index contributed by atoms with van der Waals surface area (Å²) in [6.07, 6.45) is 6.78. The number of cyclic esters (lactones) is 1. The van der Waals surface area contributed by atoms with Gasteiger partial charge in [-0.1, -0.05) is 69.3 Å². The van der Waals surface area contributed by atoms with Crippen molar-refractivity contribution in [1.82, 2.24) is 35.2 Å². The Morgan fingerprint density at radius 2 is 1.75 bits per heavy atom. The molecular formula is C43H53N7O8S. The summed E-state index contributed by atoms with van der Waals surface area (Å²) in [5, 5.41) is 15.0. The van der Waals surface area contributed by atoms with E-state index in [9.17, 15) is 27.6 Å². The SMILES string of the molecule is C=C[C@@H]1C[C@]1(NC(=O)[C@@H]1C[C@@H]2CN1C(=O)[C@H](C(C)(C)C)NC(=O)OC(C)(C)CC/C=C/c1cc(ccc1OC)-c1nn2nc1-c1ccccc1)C(=O)NS(=O)(=O)C1CC1. The summed E-state index contributed by atoms with van der Waals surface area (Å²) in [4.78, 5) is 59.6. The zero-order chi connectivity index (χ0) is 42.5. The Morgan fingerprint density at radius 1 is 1.05 bits per heavy atom. The molecule has 2 saturated carbocycles. The van der Waals surface area contributed by atoms with E-state index in [1.807, 2.05) is 60.7 Å². The third-order valence-corrected chi connectivity index (χ3v) is 13.4. The van der Waals surface area contributed by atoms with Crippen LogP contribution in [-0.4, -0.2) is 94.3 Å². The number of fused-ring (bicyclic) bond motifs is 8. The molecule has 16 heteroatoms. The number of nitrogens with zero attached hydrogens (tertiary/aromatic N) is 4. The first-order chi connectivity index (χ1) is 27.9. The van der Waals surface area contributed by atoms with E-state index in [0.717, 1.165) is 16.7 Å². The highest BCUT2D eigenvalue weighted by atomic mass is 32.2. The molecule has 314 valence electrons. The van der Waals surface area contributed by atoms with E-state index in [1.165, 1.54) is 15.8 Å². The summed E-state index contributed by atoms with van der Waals surface area (Å²) in [6.45, 7) is 12.8. The molecule has 2 aliphatic carbocycles. The van der Waals surface area contributed by atoms with Crippen molar-refractivity contribution in [2.45, 2.75) is 108 Å². The normalized spacial score (nSPS) is 26.2. The smallest absolute Gasteiger partial charge is 0.408 e. The van der Waals surface area contributed by atoms with Gasteiger partial charge in [-0.05, 0) is 69.6 Å². The molecule has 6 bridgehead atoms. The standard InChI is InChI=1S/C43H53N7O8S/c1-8-29-24-43(29,39(53)48-59(55,56)31-18-19-31)45-37(51)32-23-30-25-49(32)38(52)36(41(2,3)4)44-40(54)58-42(5,6)21-13-12-16-27-22-28(17-20-33(27)57-7)35-34(46-50(30)47-35)26-14-10-9-11-15-26/h8-12,14-17,20,22,29-32,36H,1,13,18-19,21,23-25H2,2-7H3,(H,44,54)(H,45,51)(H,48,53)/b16-12+/t29-,30-,32+,36-,43-/m1/s1. The van der Waals surface area contributed by atoms with Crippen LogP contribution in [0.15, 0.2) is 67.3 Å². The second-order valence-corrected chi connectivity index (χ2v) is 19.6. The number of hydrogen-bond donors (Lipinski definition) is 3. The Labute approximate surface area is 345 Å². The van der Waals surface area contributed by atoms with Crippen molar-refractivity contribution in [2.75, 3.05) is 13.7 Å². The first-order valence-electron chi connectivity index (χ1n) is 20.0. The van der Waals surface area contributed by atoms with Crippen molar-refractivity contribution >= 4 is 39.9 Å². The number of nitrogens with one attached hydrogen (secondary N) is 3. The number of alkyl carbamates (subject to hydrolysis) is 1. The molecule has 0 unspecified atom stereocenters. The molecule has 0 radical (unpaired) electrons. The number of hydrogen-bond acceptors (Lipinski definition) is 10. The number of allylic oxidation sites excluding steroid dienone is 1. The van der Waals surface area contributed by atoms with Gasteiger partial charge in [-0.25, -0.2) is 13.2 Å². The Morgan fingerprint density at radius 3 is 2.37 bits per heavy atom. The van der Waals surface area contributed by atoms with Crippen LogP contribution in [0.2, 0.25) is 0 Å². The van der Waals surface area contributed by atoms with Crippen molar-refractivity contribution in [3.63, 3.8) is 0 Å². The first-order valence-corrected chi connectivity index (χ1v) is 21.6. The lowest BCUT2D eigenvalue weighted by Gasteiger charge is -2.36. The monoisotopic (exact) mass is 827 g/mol. The number of carbonyl (C=O) groups is 4. The van der Waals surface area contributed by atoms with Gasteiger partial charge in [0.05, 0.1) is 18.4 Å². The average molecular weight is 828 g/mol. The minimum atomic E-state index is -3.92. The third kappa shape index (κ3) is 8.63. The summed E-state index contributed by atoms with van der Waals surface area (Å²) in [7, 11) is -2.32. The molecule has 2 aromatic carbocycles. The molecule has 59 heavy (non-hydrogen) atoms. The summed E-state index contributed by atoms with van der Waals surface area (Å²) in [5.41, 5.74) is 0.202. The van der Waals surface area contributed by atoms with E-state index in [1.54, 1.807) is 41.7 Å². The van der Waals surface area contributed by atoms with Gasteiger partial charge < -0.3 is 25.0 Å². The maximum atomic E-state index is 14.9. The fraction of sp³-hybridized carbons (Fsp3) is 0.488. The number of carbonyl (C=O) groups excluding carboxylic acids is 4. The molecule has 1 saturated heterocycles. The molecule has 1 aromatic heterocycles. The van der Waals surface area contributed by atoms with E-state index < -0.39 is 79.7 Å². The fourth-order valence-electron chi connectivity index (χ4n) is 7.88. The molecule has 3 aromatic rings. The second kappa shape index (κ2) is 15.6. The van der Waals surface area contributed by atoms with Gasteiger partial charge in [0.2, 0.25) is 21.8 Å². The number of rotatable bonds is 8. The van der Waals surface area contributed by atoms with Crippen molar-refractivity contribution < 1.29 is 37.1 Å². The summed E-state index contributed by atoms with van der Waals surface area (Å²) in [6, 6.07) is 12.4. The van der Waals surface area contributed by atoms with Crippen LogP contribution in [0.5, 0.6) is 5.75 Å². The molecule has 3 heterocycles. The van der Waals surface area contributed by atoms with Crippen molar-refractivity contribution in [1.29, 1.82) is 0 Å². The highest BCUT2D eigenvalue weighted by molar-refractivity contribution is 7.91. The van der Waals surface area contributed by atoms with Crippen molar-refractivity contribution in [2.24, 2.45) is 11.3 Å². The largest absolute Gasteiger partial charge is 0.496 e. The first kappa shape index (κ1) is 41.6. The topological polar surface area (TPSA) is 191 Å². The lowest BCUT2D eigenvalue weighted by Crippen LogP contribution is -2.60. The molecular weight excluding hydrogens is 775 g/mol. The number of amides is 4. The van der Waals surface area contributed by atoms with Gasteiger partial charge in [0.1, 0.15) is 40.4 Å². The van der Waals surface area contributed by atoms with Crippen LogP contribution in [0.1, 0.15) is 84.7 Å². The van der Waals surface area contributed by atoms with Crippen molar-refractivity contribution in [3.8, 4) is 28.3 Å². The number of sulfonamides is 1. The Bertz CT molecular complexity index is 2300. The zero-order valence-corrected chi connectivity index (χ0v) is 35.2. The average Bonchev–Trinajstić information content (AvgIpc) is 4.07. The van der Waals surface area contributed by atoms with Gasteiger partial charge in [0.25, 0.3) is 5.91 Å². The van der Waals surface area contributed by atoms with E-state index in [-0.39, 0.29) is 19.4 Å². The van der Waals surface area contributed by atoms with Gasteiger partial charge in [-0.2, -0.15) is 15.0 Å². The number of benzene rings is 2. The fourth-order valence-corrected chi connectivity index (χ4v) is 9.24. The van der Waals surface area contributed by atoms with Gasteiger partial charge in [0.15, 0.2) is 0 Å². The lowest BCUT2D eigenvalue weighted by molar-refractivity contribution is -0.143. The molecule has 3 fully saturated rings. The quantitative estimate of drug-likeness (QED) is 0.256. The van der Waals surface area contributed by atoms with Crippen LogP contribution in [0.25, 0.3) is 28.6 Å². The van der Waals surface area contributed by atoms with Crippen LogP contribution in [0.3, 0.4) is 0 Å². The van der Waals surface area contributed by atoms with E-state index >= 15 is 0 Å². The van der Waals surface area contributed by atoms with Gasteiger partial charge in [0, 0.05) is 35.6 Å². The summed E-state index contributed by atoms with van der Waals surface area (Å²) in [5.74, 6) is -1.94. The van der Waals surface area contributed by atoms with Crippen LogP contribution in [0.4, 0.5) is 4.79 Å². The predicted molar refractivity (Wildman–Crippen MR) is 221 cm³/mol. The maximum absolute atomic E-state index is 14.9. The van der Waals surface area contributed by atoms with E-state index in [2.05, 4.69) is 21.9 Å². The molecule has 15 nitrogen and oxygen atoms in total. The number of methoxy groups -OCH3 is 1. The Kier molecular flexibility index (Phi) is 11.0. The molecule has 4 aliphatic rings. The highest BCUT2D eigenvalue weighted by Gasteiger charge is 2.62. The van der Waals surface area contributed by atoms with Crippen LogP contribution in [0, 0.1) is 11.3 Å². The molecule has 3 N–H and O–H groups in total. The van der Waals surface area contributed by atoms with Gasteiger partial charge >= 0.3 is 6.09 Å². The van der Waals surface area contributed by atoms with Gasteiger partial charge in [-0.3, -0.25) is 19.1 Å². The second-order valence-electron chi connectivity index (χ2n) is 17.7. The maximum Gasteiger partial charge on any atom is 0.408 e. The zero-order valence-electron chi connectivity index (χ0n) is 34.4. The van der Waals surface area contributed by atoms with E-state index in [0.29, 0.717) is 42.8 Å². The van der Waals surface area contributed by atoms with E-state index in [4.69, 9.17) is 19.7 Å². The lowest BCUT2D eigenvalue weighted by atomic mass is 9.85. The Hall–Kier alpha value is -5.51. The number of ether oxygens (including phenoxy) is 2. The van der Waals surface area contributed by atoms with Crippen LogP contribution >= 0.6 is 0 Å². The Balaban J connectivity index is 1.32. The van der Waals surface area contributed by atoms with Crippen LogP contribution < -0.4 is 20.1 Å². The molecule has 0 spiro atoms. The summed E-state index contributed by atoms with van der Waals surface area (Å²) >= 11 is 0. The molecule has 2 aliphatic heterocycles. The summed E-state index contributed by atoms with van der Waals surface area (Å²) < 4.78 is 39.4. The molecule has 4 amide bonds. The third-order valence-electron chi connectivity index (χ3n) is 11.6. The predicted octanol–water partition coefficient (Wildman–Crippen LogP) is 5.16. The van der Waals surface area contributed by atoms with Gasteiger partial charge in [-0.15, -0.1) is 6.58 Å². The molecule has 5 atom stereocenters. The van der Waals surface area contributed by atoms with Crippen molar-refractivity contribution in [3.05, 3.63) is 72.8 Å². The minimum Gasteiger partial charge on any atom is -0.496 e. The minimum absolute atomic E-state index is 0.0230. The highest BCUT2D eigenvalue weighted by Crippen LogP contribution is 2.46.